The van der Waals surface area contributed by atoms with E-state index in [9.17, 15) is 4.79 Å². The molecule has 2 aliphatic rings. The Morgan fingerprint density at radius 2 is 2.23 bits per heavy atom. The standard InChI is InChI=1S/C16H26N4O2/c1-11-13(9-18-19-11)10-20-5-2-12(3-6-20)8-15-14(16(17)21)4-7-22-15/h9,12,14-15H,2-8,10H2,1H3,(H2,17,21)(H,18,19)/t14-,15-/m1/s1. The van der Waals surface area contributed by atoms with Gasteiger partial charge in [-0.1, -0.05) is 0 Å². The number of aromatic amines is 1. The smallest absolute Gasteiger partial charge is 0.223 e. The van der Waals surface area contributed by atoms with Crippen LogP contribution in [0, 0.1) is 18.8 Å². The minimum absolute atomic E-state index is 0.0465. The van der Waals surface area contributed by atoms with Crippen LogP contribution in [-0.4, -0.2) is 46.8 Å². The maximum absolute atomic E-state index is 11.4. The molecule has 0 saturated carbocycles. The van der Waals surface area contributed by atoms with E-state index < -0.39 is 0 Å². The molecule has 0 bridgehead atoms. The Morgan fingerprint density at radius 3 is 2.86 bits per heavy atom. The lowest BCUT2D eigenvalue weighted by molar-refractivity contribution is -0.123. The van der Waals surface area contributed by atoms with Crippen molar-refractivity contribution in [3.05, 3.63) is 17.5 Å². The van der Waals surface area contributed by atoms with Gasteiger partial charge in [-0.15, -0.1) is 0 Å². The number of likely N-dealkylation sites (tertiary alicyclic amines) is 1. The number of hydrogen-bond donors (Lipinski definition) is 2. The summed E-state index contributed by atoms with van der Waals surface area (Å²) >= 11 is 0. The van der Waals surface area contributed by atoms with Crippen LogP contribution < -0.4 is 5.73 Å². The molecule has 3 N–H and O–H groups in total. The summed E-state index contributed by atoms with van der Waals surface area (Å²) in [6, 6.07) is 0. The number of aromatic nitrogens is 2. The lowest BCUT2D eigenvalue weighted by Gasteiger charge is -2.33. The van der Waals surface area contributed by atoms with Crippen molar-refractivity contribution in [1.82, 2.24) is 15.1 Å². The average Bonchev–Trinajstić information content (AvgIpc) is 3.11. The zero-order valence-corrected chi connectivity index (χ0v) is 13.3. The number of H-pyrrole nitrogens is 1. The van der Waals surface area contributed by atoms with Crippen LogP contribution in [-0.2, 0) is 16.1 Å². The molecular weight excluding hydrogens is 280 g/mol. The van der Waals surface area contributed by atoms with E-state index in [2.05, 4.69) is 22.0 Å². The van der Waals surface area contributed by atoms with E-state index in [4.69, 9.17) is 10.5 Å². The highest BCUT2D eigenvalue weighted by atomic mass is 16.5. The number of carbonyl (C=O) groups is 1. The predicted octanol–water partition coefficient (Wildman–Crippen LogP) is 1.21. The molecule has 0 spiro atoms. The van der Waals surface area contributed by atoms with Gasteiger partial charge in [0.1, 0.15) is 0 Å². The van der Waals surface area contributed by atoms with Crippen molar-refractivity contribution in [2.75, 3.05) is 19.7 Å². The number of carbonyl (C=O) groups excluding carboxylic acids is 1. The number of ether oxygens (including phenoxy) is 1. The normalized spacial score (nSPS) is 27.3. The summed E-state index contributed by atoms with van der Waals surface area (Å²) < 4.78 is 5.73. The summed E-state index contributed by atoms with van der Waals surface area (Å²) in [5.74, 6) is 0.369. The number of nitrogens with two attached hydrogens (primary N) is 1. The molecule has 1 amide bonds. The SMILES string of the molecule is Cc1[nH]ncc1CN1CCC(C[C@H]2OCC[C@H]2C(N)=O)CC1. The summed E-state index contributed by atoms with van der Waals surface area (Å²) in [5.41, 5.74) is 7.91. The highest BCUT2D eigenvalue weighted by Crippen LogP contribution is 2.31. The molecule has 6 heteroatoms. The van der Waals surface area contributed by atoms with Crippen molar-refractivity contribution >= 4 is 5.91 Å². The van der Waals surface area contributed by atoms with Crippen molar-refractivity contribution in [2.24, 2.45) is 17.6 Å². The second-order valence-corrected chi connectivity index (χ2v) is 6.68. The predicted molar refractivity (Wildman–Crippen MR) is 83.0 cm³/mol. The van der Waals surface area contributed by atoms with E-state index in [1.54, 1.807) is 0 Å². The first-order chi connectivity index (χ1) is 10.6. The van der Waals surface area contributed by atoms with Crippen LogP contribution in [0.2, 0.25) is 0 Å². The first kappa shape index (κ1) is 15.5. The van der Waals surface area contributed by atoms with Crippen molar-refractivity contribution in [2.45, 2.75) is 45.3 Å². The van der Waals surface area contributed by atoms with Crippen LogP contribution >= 0.6 is 0 Å². The number of piperidine rings is 1. The fraction of sp³-hybridized carbons (Fsp3) is 0.750. The van der Waals surface area contributed by atoms with E-state index in [1.165, 1.54) is 18.4 Å². The topological polar surface area (TPSA) is 84.2 Å². The number of rotatable bonds is 5. The van der Waals surface area contributed by atoms with Crippen LogP contribution in [0.25, 0.3) is 0 Å². The Bertz CT molecular complexity index is 508. The third-order valence-electron chi connectivity index (χ3n) is 5.18. The fourth-order valence-corrected chi connectivity index (χ4v) is 3.69. The number of nitrogens with zero attached hydrogens (tertiary/aromatic N) is 2. The number of aryl methyl sites for hydroxylation is 1. The molecule has 122 valence electrons. The molecule has 1 aromatic heterocycles. The van der Waals surface area contributed by atoms with Gasteiger partial charge in [0.25, 0.3) is 0 Å². The fourth-order valence-electron chi connectivity index (χ4n) is 3.69. The van der Waals surface area contributed by atoms with Crippen molar-refractivity contribution in [3.63, 3.8) is 0 Å². The lowest BCUT2D eigenvalue weighted by atomic mass is 9.86. The van der Waals surface area contributed by atoms with Gasteiger partial charge in [0, 0.05) is 24.4 Å². The van der Waals surface area contributed by atoms with Crippen LogP contribution in [0.3, 0.4) is 0 Å². The number of amides is 1. The van der Waals surface area contributed by atoms with Crippen LogP contribution in [0.5, 0.6) is 0 Å². The van der Waals surface area contributed by atoms with Crippen molar-refractivity contribution < 1.29 is 9.53 Å². The molecule has 2 aliphatic heterocycles. The van der Waals surface area contributed by atoms with Gasteiger partial charge in [0.2, 0.25) is 5.91 Å². The van der Waals surface area contributed by atoms with Gasteiger partial charge < -0.3 is 10.5 Å². The first-order valence-electron chi connectivity index (χ1n) is 8.25. The van der Waals surface area contributed by atoms with Crippen molar-refractivity contribution in [1.29, 1.82) is 0 Å². The molecule has 1 aromatic rings. The third kappa shape index (κ3) is 3.50. The quantitative estimate of drug-likeness (QED) is 0.856. The molecule has 3 heterocycles. The van der Waals surface area contributed by atoms with Gasteiger partial charge in [0.15, 0.2) is 0 Å². The Hall–Kier alpha value is -1.40. The highest BCUT2D eigenvalue weighted by molar-refractivity contribution is 5.77. The molecule has 0 unspecified atom stereocenters. The summed E-state index contributed by atoms with van der Waals surface area (Å²) in [5, 5.41) is 7.08. The van der Waals surface area contributed by atoms with Gasteiger partial charge in [-0.05, 0) is 51.6 Å². The van der Waals surface area contributed by atoms with Crippen LogP contribution in [0.15, 0.2) is 6.20 Å². The second kappa shape index (κ2) is 6.79. The van der Waals surface area contributed by atoms with Gasteiger partial charge in [-0.2, -0.15) is 5.10 Å². The van der Waals surface area contributed by atoms with E-state index >= 15 is 0 Å². The second-order valence-electron chi connectivity index (χ2n) is 6.68. The highest BCUT2D eigenvalue weighted by Gasteiger charge is 2.35. The molecule has 22 heavy (non-hydrogen) atoms. The maximum Gasteiger partial charge on any atom is 0.223 e. The molecule has 2 fully saturated rings. The molecule has 2 atom stereocenters. The van der Waals surface area contributed by atoms with E-state index in [0.29, 0.717) is 12.5 Å². The number of hydrogen-bond acceptors (Lipinski definition) is 4. The Kier molecular flexibility index (Phi) is 4.78. The van der Waals surface area contributed by atoms with Crippen LogP contribution in [0.4, 0.5) is 0 Å². The number of nitrogens with one attached hydrogen (secondary N) is 1. The summed E-state index contributed by atoms with van der Waals surface area (Å²) in [7, 11) is 0. The van der Waals surface area contributed by atoms with Gasteiger partial charge in [-0.25, -0.2) is 0 Å². The molecule has 6 nitrogen and oxygen atoms in total. The van der Waals surface area contributed by atoms with Gasteiger partial charge >= 0.3 is 0 Å². The summed E-state index contributed by atoms with van der Waals surface area (Å²) in [6.07, 6.45) is 6.07. The zero-order valence-electron chi connectivity index (χ0n) is 13.3. The molecule has 0 radical (unpaired) electrons. The van der Waals surface area contributed by atoms with Crippen LogP contribution in [0.1, 0.15) is 36.9 Å². The maximum atomic E-state index is 11.4. The van der Waals surface area contributed by atoms with Gasteiger partial charge in [-0.3, -0.25) is 14.8 Å². The van der Waals surface area contributed by atoms with E-state index in [0.717, 1.165) is 38.2 Å². The Morgan fingerprint density at radius 1 is 1.45 bits per heavy atom. The van der Waals surface area contributed by atoms with E-state index in [1.807, 2.05) is 6.20 Å². The minimum atomic E-state index is -0.199. The largest absolute Gasteiger partial charge is 0.377 e. The Labute approximate surface area is 131 Å². The average molecular weight is 306 g/mol. The van der Waals surface area contributed by atoms with Crippen molar-refractivity contribution in [3.8, 4) is 0 Å². The minimum Gasteiger partial charge on any atom is -0.377 e. The third-order valence-corrected chi connectivity index (χ3v) is 5.18. The van der Waals surface area contributed by atoms with E-state index in [-0.39, 0.29) is 17.9 Å². The number of primary amides is 1. The molecule has 2 saturated heterocycles. The van der Waals surface area contributed by atoms with Gasteiger partial charge in [0.05, 0.1) is 18.2 Å². The molecular formula is C16H26N4O2. The lowest BCUT2D eigenvalue weighted by Crippen LogP contribution is -2.36. The molecule has 0 aromatic carbocycles. The zero-order chi connectivity index (χ0) is 15.5. The monoisotopic (exact) mass is 306 g/mol. The molecule has 3 rings (SSSR count). The summed E-state index contributed by atoms with van der Waals surface area (Å²) in [4.78, 5) is 13.9. The first-order valence-corrected chi connectivity index (χ1v) is 8.25. The summed E-state index contributed by atoms with van der Waals surface area (Å²) in [6.45, 7) is 5.92. The Balaban J connectivity index is 1.46. The molecule has 0 aliphatic carbocycles.